The highest BCUT2D eigenvalue weighted by molar-refractivity contribution is 9.09. The maximum atomic E-state index is 11.8. The van der Waals surface area contributed by atoms with E-state index >= 15 is 0 Å². The lowest BCUT2D eigenvalue weighted by atomic mass is 10.2. The third-order valence-electron chi connectivity index (χ3n) is 2.16. The van der Waals surface area contributed by atoms with Gasteiger partial charge in [-0.1, -0.05) is 28.1 Å². The molecule has 1 rings (SSSR count). The summed E-state index contributed by atoms with van der Waals surface area (Å²) >= 11 is 3.17. The lowest BCUT2D eigenvalue weighted by molar-refractivity contribution is 0.129. The van der Waals surface area contributed by atoms with Crippen LogP contribution in [0.5, 0.6) is 0 Å². The number of rotatable bonds is 2. The first-order chi connectivity index (χ1) is 6.00. The van der Waals surface area contributed by atoms with Crippen LogP contribution in [0.3, 0.4) is 0 Å². The molecule has 0 spiro atoms. The van der Waals surface area contributed by atoms with Crippen molar-refractivity contribution in [1.29, 1.82) is 0 Å². The summed E-state index contributed by atoms with van der Waals surface area (Å²) < 4.78 is 28.8. The highest BCUT2D eigenvalue weighted by Crippen LogP contribution is 2.22. The minimum atomic E-state index is -3.09. The first kappa shape index (κ1) is 11.2. The number of sulfone groups is 1. The van der Waals surface area contributed by atoms with Crippen LogP contribution in [0.1, 0.15) is 6.92 Å². The van der Waals surface area contributed by atoms with Crippen molar-refractivity contribution in [2.45, 2.75) is 17.4 Å². The van der Waals surface area contributed by atoms with Gasteiger partial charge in [-0.25, -0.2) is 8.42 Å². The van der Waals surface area contributed by atoms with Crippen molar-refractivity contribution in [2.24, 2.45) is 0 Å². The molecule has 0 aromatic rings. The highest BCUT2D eigenvalue weighted by atomic mass is 79.9. The lowest BCUT2D eigenvalue weighted by Gasteiger charge is -2.28. The van der Waals surface area contributed by atoms with Gasteiger partial charge < -0.3 is 4.74 Å². The van der Waals surface area contributed by atoms with Crippen LogP contribution in [-0.4, -0.2) is 37.5 Å². The zero-order chi connectivity index (χ0) is 10.1. The summed E-state index contributed by atoms with van der Waals surface area (Å²) in [5, 5.41) is -0.522. The molecule has 0 amide bonds. The fourth-order valence-electron chi connectivity index (χ4n) is 1.28. The number of ether oxygens (including phenoxy) is 1. The highest BCUT2D eigenvalue weighted by Gasteiger charge is 2.38. The molecule has 1 aliphatic heterocycles. The fraction of sp³-hybridized carbons (Fsp3) is 0.750. The molecule has 1 saturated heterocycles. The van der Waals surface area contributed by atoms with Gasteiger partial charge in [0.15, 0.2) is 9.84 Å². The Labute approximate surface area is 87.2 Å². The molecule has 0 aromatic carbocycles. The van der Waals surface area contributed by atoms with E-state index < -0.39 is 20.3 Å². The van der Waals surface area contributed by atoms with Gasteiger partial charge in [0.25, 0.3) is 0 Å². The lowest BCUT2D eigenvalue weighted by Crippen LogP contribution is -2.44. The summed E-state index contributed by atoms with van der Waals surface area (Å²) in [5.74, 6) is 0. The largest absolute Gasteiger partial charge is 0.378 e. The molecule has 76 valence electrons. The summed E-state index contributed by atoms with van der Waals surface area (Å²) in [6.45, 7) is 5.93. The molecule has 5 heteroatoms. The molecule has 0 bridgehead atoms. The second kappa shape index (κ2) is 4.11. The normalized spacial score (nSPS) is 32.8. The van der Waals surface area contributed by atoms with Gasteiger partial charge >= 0.3 is 0 Å². The molecule has 3 nitrogen and oxygen atoms in total. The second-order valence-electron chi connectivity index (χ2n) is 3.24. The molecule has 0 unspecified atom stereocenters. The summed E-state index contributed by atoms with van der Waals surface area (Å²) in [4.78, 5) is 0. The third kappa shape index (κ3) is 2.14. The first-order valence-electron chi connectivity index (χ1n) is 4.02. The van der Waals surface area contributed by atoms with Crippen LogP contribution in [0.4, 0.5) is 0 Å². The molecule has 2 atom stereocenters. The molecule has 1 fully saturated rings. The molecule has 0 aromatic heterocycles. The molecule has 0 saturated carbocycles. The molecule has 0 N–H and O–H groups in total. The molecule has 1 heterocycles. The molecule has 0 aliphatic carbocycles. The molecular formula is C8H13BrO3S. The van der Waals surface area contributed by atoms with Crippen LogP contribution >= 0.6 is 15.9 Å². The second-order valence-corrected chi connectivity index (χ2v) is 6.30. The summed E-state index contributed by atoms with van der Waals surface area (Å²) in [6.07, 6.45) is 0. The van der Waals surface area contributed by atoms with E-state index in [2.05, 4.69) is 22.5 Å². The van der Waals surface area contributed by atoms with Gasteiger partial charge in [-0.2, -0.15) is 0 Å². The van der Waals surface area contributed by atoms with Gasteiger partial charge in [0.2, 0.25) is 0 Å². The van der Waals surface area contributed by atoms with Crippen LogP contribution in [-0.2, 0) is 14.6 Å². The average molecular weight is 269 g/mol. The Morgan fingerprint density at radius 3 is 2.69 bits per heavy atom. The monoisotopic (exact) mass is 268 g/mol. The van der Waals surface area contributed by atoms with Crippen molar-refractivity contribution >= 4 is 25.8 Å². The molecular weight excluding hydrogens is 256 g/mol. The Bertz CT molecular complexity index is 297. The minimum absolute atomic E-state index is 0.251. The summed E-state index contributed by atoms with van der Waals surface area (Å²) in [5.41, 5.74) is 0.658. The predicted octanol–water partition coefficient (Wildman–Crippen LogP) is 1.14. The predicted molar refractivity (Wildman–Crippen MR) is 55.9 cm³/mol. The standard InChI is InChI=1S/C8H13BrO3S/c1-6(2)8-5-12-4-7(3-9)13(8,10)11/h7-8H,1,3-5H2,2H3/t7-,8-/m1/s1. The van der Waals surface area contributed by atoms with Crippen LogP contribution in [0.25, 0.3) is 0 Å². The quantitative estimate of drug-likeness (QED) is 0.557. The van der Waals surface area contributed by atoms with Crippen LogP contribution < -0.4 is 0 Å². The Kier molecular flexibility index (Phi) is 3.54. The van der Waals surface area contributed by atoms with E-state index in [-0.39, 0.29) is 13.2 Å². The van der Waals surface area contributed by atoms with Gasteiger partial charge in [0, 0.05) is 5.33 Å². The Morgan fingerprint density at radius 2 is 2.23 bits per heavy atom. The van der Waals surface area contributed by atoms with Crippen molar-refractivity contribution in [3.63, 3.8) is 0 Å². The van der Waals surface area contributed by atoms with E-state index in [9.17, 15) is 8.42 Å². The van der Waals surface area contributed by atoms with Gasteiger partial charge in [-0.05, 0) is 6.92 Å². The third-order valence-corrected chi connectivity index (χ3v) is 5.93. The van der Waals surface area contributed by atoms with Crippen molar-refractivity contribution in [3.05, 3.63) is 12.2 Å². The zero-order valence-corrected chi connectivity index (χ0v) is 9.90. The van der Waals surface area contributed by atoms with Crippen LogP contribution in [0.2, 0.25) is 0 Å². The zero-order valence-electron chi connectivity index (χ0n) is 7.49. The summed E-state index contributed by atoms with van der Waals surface area (Å²) in [7, 11) is -3.09. The SMILES string of the molecule is C=C(C)[C@H]1COC[C@@H](CBr)S1(=O)=O. The van der Waals surface area contributed by atoms with E-state index in [4.69, 9.17) is 4.74 Å². The molecule has 0 radical (unpaired) electrons. The van der Waals surface area contributed by atoms with E-state index in [1.54, 1.807) is 6.92 Å². The first-order valence-corrected chi connectivity index (χ1v) is 6.75. The van der Waals surface area contributed by atoms with E-state index in [1.807, 2.05) is 0 Å². The van der Waals surface area contributed by atoms with Crippen molar-refractivity contribution < 1.29 is 13.2 Å². The van der Waals surface area contributed by atoms with Crippen LogP contribution in [0.15, 0.2) is 12.2 Å². The number of hydrogen-bond acceptors (Lipinski definition) is 3. The Hall–Kier alpha value is 0.130. The smallest absolute Gasteiger partial charge is 0.165 e. The van der Waals surface area contributed by atoms with Crippen LogP contribution in [0, 0.1) is 0 Å². The van der Waals surface area contributed by atoms with Crippen molar-refractivity contribution in [3.8, 4) is 0 Å². The number of hydrogen-bond donors (Lipinski definition) is 0. The molecule has 1 aliphatic rings. The number of halogens is 1. The maximum Gasteiger partial charge on any atom is 0.165 e. The van der Waals surface area contributed by atoms with Crippen molar-refractivity contribution in [1.82, 2.24) is 0 Å². The number of alkyl halides is 1. The van der Waals surface area contributed by atoms with E-state index in [0.29, 0.717) is 10.9 Å². The summed E-state index contributed by atoms with van der Waals surface area (Å²) in [6, 6.07) is 0. The van der Waals surface area contributed by atoms with Gasteiger partial charge in [-0.15, -0.1) is 0 Å². The van der Waals surface area contributed by atoms with Crippen molar-refractivity contribution in [2.75, 3.05) is 18.5 Å². The van der Waals surface area contributed by atoms with Gasteiger partial charge in [0.05, 0.1) is 18.5 Å². The Balaban J connectivity index is 2.95. The topological polar surface area (TPSA) is 43.4 Å². The van der Waals surface area contributed by atoms with E-state index in [0.717, 1.165) is 0 Å². The fourth-order valence-corrected chi connectivity index (χ4v) is 4.35. The molecule has 13 heavy (non-hydrogen) atoms. The van der Waals surface area contributed by atoms with Gasteiger partial charge in [-0.3, -0.25) is 0 Å². The van der Waals surface area contributed by atoms with Gasteiger partial charge in [0.1, 0.15) is 5.25 Å². The maximum absolute atomic E-state index is 11.8. The average Bonchev–Trinajstić information content (AvgIpc) is 2.02. The Morgan fingerprint density at radius 1 is 1.62 bits per heavy atom. The van der Waals surface area contributed by atoms with E-state index in [1.165, 1.54) is 0 Å². The minimum Gasteiger partial charge on any atom is -0.378 e.